The van der Waals surface area contributed by atoms with E-state index in [1.54, 1.807) is 0 Å². The number of hydrogen-bond donors (Lipinski definition) is 2. The smallest absolute Gasteiger partial charge is 0.338 e. The van der Waals surface area contributed by atoms with Crippen molar-refractivity contribution in [1.82, 2.24) is 0 Å². The Kier molecular flexibility index (Phi) is 4.76. The maximum Gasteiger partial charge on any atom is 0.338 e. The Hall–Kier alpha value is -1.07. The summed E-state index contributed by atoms with van der Waals surface area (Å²) in [6, 6.07) is 4.00. The second kappa shape index (κ2) is 5.86. The van der Waals surface area contributed by atoms with Crippen molar-refractivity contribution in [2.45, 2.75) is 11.8 Å². The summed E-state index contributed by atoms with van der Waals surface area (Å²) in [5.41, 5.74) is -0.318. The van der Waals surface area contributed by atoms with Crippen molar-refractivity contribution in [3.63, 3.8) is 0 Å². The van der Waals surface area contributed by atoms with Crippen LogP contribution in [-0.2, 0) is 0 Å². The monoisotopic (exact) mass is 244 g/mol. The summed E-state index contributed by atoms with van der Waals surface area (Å²) >= 11 is 1.40. The zero-order chi connectivity index (χ0) is 12.1. The van der Waals surface area contributed by atoms with Crippen molar-refractivity contribution >= 4 is 17.7 Å². The number of hydrogen-bond acceptors (Lipinski definition) is 3. The fourth-order valence-corrected chi connectivity index (χ4v) is 2.00. The van der Waals surface area contributed by atoms with Gasteiger partial charge < -0.3 is 10.2 Å². The molecule has 1 aromatic carbocycles. The Morgan fingerprint density at radius 2 is 2.25 bits per heavy atom. The molecule has 88 valence electrons. The van der Waals surface area contributed by atoms with Gasteiger partial charge in [0.2, 0.25) is 0 Å². The molecule has 0 amide bonds. The number of halogens is 1. The lowest BCUT2D eigenvalue weighted by atomic mass is 10.2. The minimum Gasteiger partial charge on any atom is -0.478 e. The Morgan fingerprint density at radius 1 is 1.56 bits per heavy atom. The minimum absolute atomic E-state index is 0.0833. The molecule has 1 rings (SSSR count). The SMILES string of the molecule is CC(CO)CSc1ccc(F)c(C(=O)O)c1. The normalized spacial score (nSPS) is 12.4. The molecule has 0 fully saturated rings. The number of aliphatic hydroxyl groups is 1. The van der Waals surface area contributed by atoms with Gasteiger partial charge >= 0.3 is 5.97 Å². The lowest BCUT2D eigenvalue weighted by Gasteiger charge is -2.07. The van der Waals surface area contributed by atoms with E-state index in [0.717, 1.165) is 6.07 Å². The maximum absolute atomic E-state index is 13.1. The number of aliphatic hydroxyl groups excluding tert-OH is 1. The number of carbonyl (C=O) groups is 1. The molecule has 1 unspecified atom stereocenters. The van der Waals surface area contributed by atoms with Gasteiger partial charge in [-0.05, 0) is 24.1 Å². The fourth-order valence-electron chi connectivity index (χ4n) is 1.05. The fraction of sp³-hybridized carbons (Fsp3) is 0.364. The molecule has 0 heterocycles. The van der Waals surface area contributed by atoms with Crippen molar-refractivity contribution < 1.29 is 19.4 Å². The molecular weight excluding hydrogens is 231 g/mol. The first-order valence-electron chi connectivity index (χ1n) is 4.81. The second-order valence-electron chi connectivity index (χ2n) is 3.55. The van der Waals surface area contributed by atoms with Crippen LogP contribution in [0.2, 0.25) is 0 Å². The van der Waals surface area contributed by atoms with E-state index in [4.69, 9.17) is 10.2 Å². The number of aromatic carboxylic acids is 1. The number of carboxylic acids is 1. The summed E-state index contributed by atoms with van der Waals surface area (Å²) in [6.45, 7) is 1.97. The van der Waals surface area contributed by atoms with Crippen molar-refractivity contribution in [3.05, 3.63) is 29.6 Å². The molecule has 3 nitrogen and oxygen atoms in total. The van der Waals surface area contributed by atoms with Crippen LogP contribution in [0, 0.1) is 11.7 Å². The molecule has 0 aliphatic heterocycles. The minimum atomic E-state index is -1.27. The highest BCUT2D eigenvalue weighted by molar-refractivity contribution is 7.99. The predicted molar refractivity (Wildman–Crippen MR) is 60.3 cm³/mol. The second-order valence-corrected chi connectivity index (χ2v) is 4.64. The first-order valence-corrected chi connectivity index (χ1v) is 5.79. The third-order valence-electron chi connectivity index (χ3n) is 2.01. The molecule has 0 aliphatic rings. The average molecular weight is 244 g/mol. The zero-order valence-electron chi connectivity index (χ0n) is 8.81. The van der Waals surface area contributed by atoms with Gasteiger partial charge in [-0.3, -0.25) is 0 Å². The first-order chi connectivity index (χ1) is 7.54. The molecule has 5 heteroatoms. The van der Waals surface area contributed by atoms with Crippen LogP contribution in [0.1, 0.15) is 17.3 Å². The van der Waals surface area contributed by atoms with Gasteiger partial charge in [0.15, 0.2) is 0 Å². The van der Waals surface area contributed by atoms with Gasteiger partial charge in [-0.25, -0.2) is 9.18 Å². The molecule has 0 saturated heterocycles. The summed E-state index contributed by atoms with van der Waals surface area (Å²) in [5, 5.41) is 17.6. The maximum atomic E-state index is 13.1. The van der Waals surface area contributed by atoms with Crippen LogP contribution in [0.4, 0.5) is 4.39 Å². The number of carboxylic acid groups (broad SMARTS) is 1. The number of thioether (sulfide) groups is 1. The Bertz CT molecular complexity index is 381. The molecular formula is C11H13FO3S. The molecule has 0 bridgehead atoms. The van der Waals surface area contributed by atoms with Gasteiger partial charge in [0.25, 0.3) is 0 Å². The van der Waals surface area contributed by atoms with Gasteiger partial charge in [0.05, 0.1) is 5.56 Å². The molecule has 1 atom stereocenters. The average Bonchev–Trinajstić information content (AvgIpc) is 2.27. The van der Waals surface area contributed by atoms with Gasteiger partial charge in [0.1, 0.15) is 5.82 Å². The largest absolute Gasteiger partial charge is 0.478 e. The zero-order valence-corrected chi connectivity index (χ0v) is 9.63. The van der Waals surface area contributed by atoms with E-state index >= 15 is 0 Å². The predicted octanol–water partition coefficient (Wildman–Crippen LogP) is 2.24. The van der Waals surface area contributed by atoms with Crippen LogP contribution in [-0.4, -0.2) is 28.5 Å². The summed E-state index contributed by atoms with van der Waals surface area (Å²) in [6.07, 6.45) is 0. The molecule has 0 radical (unpaired) electrons. The lowest BCUT2D eigenvalue weighted by Crippen LogP contribution is -2.04. The molecule has 0 aliphatic carbocycles. The van der Waals surface area contributed by atoms with Gasteiger partial charge in [-0.2, -0.15) is 0 Å². The summed E-state index contributed by atoms with van der Waals surface area (Å²) in [7, 11) is 0. The van der Waals surface area contributed by atoms with Crippen LogP contribution in [0.5, 0.6) is 0 Å². The standard InChI is InChI=1S/C11H13FO3S/c1-7(5-13)6-16-8-2-3-10(12)9(4-8)11(14)15/h2-4,7,13H,5-6H2,1H3,(H,14,15). The van der Waals surface area contributed by atoms with Crippen LogP contribution >= 0.6 is 11.8 Å². The lowest BCUT2D eigenvalue weighted by molar-refractivity contribution is 0.0691. The number of benzene rings is 1. The Balaban J connectivity index is 2.75. The summed E-state index contributed by atoms with van der Waals surface area (Å²) < 4.78 is 13.1. The molecule has 0 spiro atoms. The van der Waals surface area contributed by atoms with E-state index < -0.39 is 11.8 Å². The first kappa shape index (κ1) is 13.0. The van der Waals surface area contributed by atoms with Gasteiger partial charge in [-0.1, -0.05) is 6.92 Å². The van der Waals surface area contributed by atoms with E-state index in [1.165, 1.54) is 23.9 Å². The Labute approximate surface area is 97.3 Å². The van der Waals surface area contributed by atoms with E-state index in [0.29, 0.717) is 10.6 Å². The molecule has 2 N–H and O–H groups in total. The highest BCUT2D eigenvalue weighted by Crippen LogP contribution is 2.23. The molecule has 1 aromatic rings. The number of rotatable bonds is 5. The van der Waals surface area contributed by atoms with Crippen LogP contribution < -0.4 is 0 Å². The van der Waals surface area contributed by atoms with E-state index in [9.17, 15) is 9.18 Å². The van der Waals surface area contributed by atoms with E-state index in [-0.39, 0.29) is 18.1 Å². The van der Waals surface area contributed by atoms with E-state index in [2.05, 4.69) is 0 Å². The topological polar surface area (TPSA) is 57.5 Å². The van der Waals surface area contributed by atoms with Crippen LogP contribution in [0.3, 0.4) is 0 Å². The summed E-state index contributed by atoms with van der Waals surface area (Å²) in [4.78, 5) is 11.4. The van der Waals surface area contributed by atoms with E-state index in [1.807, 2.05) is 6.92 Å². The molecule has 0 aromatic heterocycles. The third kappa shape index (κ3) is 3.50. The van der Waals surface area contributed by atoms with Crippen molar-refractivity contribution in [3.8, 4) is 0 Å². The molecule has 16 heavy (non-hydrogen) atoms. The molecule has 0 saturated carbocycles. The van der Waals surface area contributed by atoms with Crippen LogP contribution in [0.25, 0.3) is 0 Å². The van der Waals surface area contributed by atoms with Gasteiger partial charge in [0, 0.05) is 17.3 Å². The van der Waals surface area contributed by atoms with Crippen molar-refractivity contribution in [2.24, 2.45) is 5.92 Å². The quantitative estimate of drug-likeness (QED) is 0.780. The Morgan fingerprint density at radius 3 is 2.81 bits per heavy atom. The van der Waals surface area contributed by atoms with Crippen molar-refractivity contribution in [1.29, 1.82) is 0 Å². The summed E-state index contributed by atoms with van der Waals surface area (Å²) in [5.74, 6) is -1.20. The van der Waals surface area contributed by atoms with Crippen molar-refractivity contribution in [2.75, 3.05) is 12.4 Å². The third-order valence-corrected chi connectivity index (χ3v) is 3.34. The highest BCUT2D eigenvalue weighted by atomic mass is 32.2. The highest BCUT2D eigenvalue weighted by Gasteiger charge is 2.11. The van der Waals surface area contributed by atoms with Crippen LogP contribution in [0.15, 0.2) is 23.1 Å². The van der Waals surface area contributed by atoms with Gasteiger partial charge in [-0.15, -0.1) is 11.8 Å².